The topological polar surface area (TPSA) is 67.4 Å². The summed E-state index contributed by atoms with van der Waals surface area (Å²) in [4.78, 5) is 23.8. The molecule has 0 radical (unpaired) electrons. The highest BCUT2D eigenvalue weighted by Crippen LogP contribution is 2.20. The van der Waals surface area contributed by atoms with E-state index in [-0.39, 0.29) is 6.54 Å². The van der Waals surface area contributed by atoms with E-state index in [1.165, 1.54) is 0 Å². The second kappa shape index (κ2) is 7.78. The van der Waals surface area contributed by atoms with Crippen molar-refractivity contribution in [3.05, 3.63) is 58.1 Å². The quantitative estimate of drug-likeness (QED) is 0.805. The van der Waals surface area contributed by atoms with Crippen molar-refractivity contribution in [3.63, 3.8) is 0 Å². The first-order valence-electron chi connectivity index (χ1n) is 6.98. The van der Waals surface area contributed by atoms with Gasteiger partial charge in [-0.05, 0) is 36.8 Å². The van der Waals surface area contributed by atoms with Crippen molar-refractivity contribution in [2.75, 3.05) is 12.4 Å². The Bertz CT molecular complexity index is 732. The molecule has 0 spiro atoms. The maximum Gasteiger partial charge on any atom is 0.313 e. The Kier molecular flexibility index (Phi) is 5.76. The van der Waals surface area contributed by atoms with Gasteiger partial charge in [-0.15, -0.1) is 0 Å². The molecule has 0 fully saturated rings. The molecular weight excluding hydrogens is 360 g/mol. The van der Waals surface area contributed by atoms with Crippen molar-refractivity contribution in [2.45, 2.75) is 13.5 Å². The summed E-state index contributed by atoms with van der Waals surface area (Å²) in [6.45, 7) is 2.12. The van der Waals surface area contributed by atoms with Gasteiger partial charge in [-0.3, -0.25) is 9.59 Å². The third-order valence-electron chi connectivity index (χ3n) is 3.25. The number of carbonyl (C=O) groups excluding carboxylic acids is 2. The fraction of sp³-hybridized carbons (Fsp3) is 0.176. The van der Waals surface area contributed by atoms with Gasteiger partial charge in [-0.1, -0.05) is 34.1 Å². The summed E-state index contributed by atoms with van der Waals surface area (Å²) >= 11 is 3.38. The second-order valence-corrected chi connectivity index (χ2v) is 5.77. The van der Waals surface area contributed by atoms with E-state index in [1.54, 1.807) is 25.3 Å². The zero-order valence-corrected chi connectivity index (χ0v) is 14.4. The Morgan fingerprint density at radius 2 is 1.87 bits per heavy atom. The van der Waals surface area contributed by atoms with Crippen molar-refractivity contribution >= 4 is 33.4 Å². The summed E-state index contributed by atoms with van der Waals surface area (Å²) in [6.07, 6.45) is 0. The fourth-order valence-corrected chi connectivity index (χ4v) is 2.26. The van der Waals surface area contributed by atoms with Gasteiger partial charge in [0.05, 0.1) is 7.11 Å². The lowest BCUT2D eigenvalue weighted by molar-refractivity contribution is -0.136. The Morgan fingerprint density at radius 1 is 1.13 bits per heavy atom. The number of rotatable bonds is 4. The zero-order valence-electron chi connectivity index (χ0n) is 12.9. The van der Waals surface area contributed by atoms with E-state index >= 15 is 0 Å². The number of methoxy groups -OCH3 is 1. The van der Waals surface area contributed by atoms with E-state index in [0.717, 1.165) is 15.6 Å². The summed E-state index contributed by atoms with van der Waals surface area (Å²) in [6, 6.07) is 12.6. The molecule has 0 aliphatic rings. The zero-order chi connectivity index (χ0) is 16.8. The second-order valence-electron chi connectivity index (χ2n) is 4.91. The van der Waals surface area contributed by atoms with Crippen molar-refractivity contribution < 1.29 is 14.3 Å². The number of carbonyl (C=O) groups is 2. The van der Waals surface area contributed by atoms with Gasteiger partial charge in [0.15, 0.2) is 0 Å². The molecule has 2 amide bonds. The monoisotopic (exact) mass is 376 g/mol. The first-order chi connectivity index (χ1) is 11.0. The van der Waals surface area contributed by atoms with Crippen molar-refractivity contribution in [3.8, 4) is 5.75 Å². The lowest BCUT2D eigenvalue weighted by Crippen LogP contribution is -2.35. The van der Waals surface area contributed by atoms with Crippen LogP contribution < -0.4 is 15.4 Å². The van der Waals surface area contributed by atoms with E-state index in [0.29, 0.717) is 11.4 Å². The summed E-state index contributed by atoms with van der Waals surface area (Å²) in [5, 5.41) is 5.15. The number of hydrogen-bond acceptors (Lipinski definition) is 3. The van der Waals surface area contributed by atoms with Gasteiger partial charge < -0.3 is 15.4 Å². The van der Waals surface area contributed by atoms with Crippen molar-refractivity contribution in [1.29, 1.82) is 0 Å². The minimum Gasteiger partial charge on any atom is -0.496 e. The molecule has 0 aliphatic carbocycles. The van der Waals surface area contributed by atoms with Crippen LogP contribution in [0.4, 0.5) is 5.69 Å². The molecule has 5 nitrogen and oxygen atoms in total. The highest BCUT2D eigenvalue weighted by atomic mass is 79.9. The lowest BCUT2D eigenvalue weighted by Gasteiger charge is -2.10. The predicted octanol–water partition coefficient (Wildman–Crippen LogP) is 3.02. The molecule has 23 heavy (non-hydrogen) atoms. The standard InChI is InChI=1S/C17H17BrN2O3/c1-11-9-13(7-8-14(11)18)20-17(22)16(21)19-10-12-5-3-4-6-15(12)23-2/h3-9H,10H2,1-2H3,(H,19,21)(H,20,22). The summed E-state index contributed by atoms with van der Waals surface area (Å²) < 4.78 is 6.14. The van der Waals surface area contributed by atoms with Crippen LogP contribution in [0.15, 0.2) is 46.9 Å². The van der Waals surface area contributed by atoms with Crippen LogP contribution in [0.25, 0.3) is 0 Å². The molecule has 2 rings (SSSR count). The number of anilines is 1. The first-order valence-corrected chi connectivity index (χ1v) is 7.78. The lowest BCUT2D eigenvalue weighted by atomic mass is 10.2. The number of amides is 2. The maximum atomic E-state index is 11.9. The SMILES string of the molecule is COc1ccccc1CNC(=O)C(=O)Nc1ccc(Br)c(C)c1. The highest BCUT2D eigenvalue weighted by molar-refractivity contribution is 9.10. The van der Waals surface area contributed by atoms with Crippen molar-refractivity contribution in [1.82, 2.24) is 5.32 Å². The molecule has 0 saturated heterocycles. The molecule has 0 saturated carbocycles. The Labute approximate surface area is 143 Å². The summed E-state index contributed by atoms with van der Waals surface area (Å²) in [5.41, 5.74) is 2.34. The number of hydrogen-bond donors (Lipinski definition) is 2. The van der Waals surface area contributed by atoms with Gasteiger partial charge in [0.2, 0.25) is 0 Å². The van der Waals surface area contributed by atoms with Crippen LogP contribution in [0, 0.1) is 6.92 Å². The number of para-hydroxylation sites is 1. The van der Waals surface area contributed by atoms with Gasteiger partial charge in [-0.2, -0.15) is 0 Å². The summed E-state index contributed by atoms with van der Waals surface area (Å²) in [7, 11) is 1.56. The fourth-order valence-electron chi connectivity index (χ4n) is 2.02. The number of benzene rings is 2. The molecule has 0 atom stereocenters. The van der Waals surface area contributed by atoms with E-state index in [4.69, 9.17) is 4.74 Å². The number of halogens is 1. The largest absolute Gasteiger partial charge is 0.496 e. The average molecular weight is 377 g/mol. The average Bonchev–Trinajstić information content (AvgIpc) is 2.56. The van der Waals surface area contributed by atoms with Crippen LogP contribution in [0.3, 0.4) is 0 Å². The van der Waals surface area contributed by atoms with Gasteiger partial charge in [0.25, 0.3) is 0 Å². The van der Waals surface area contributed by atoms with Crippen LogP contribution in [0.1, 0.15) is 11.1 Å². The molecule has 2 aromatic rings. The van der Waals surface area contributed by atoms with Gasteiger partial charge in [0.1, 0.15) is 5.75 Å². The van der Waals surface area contributed by atoms with Crippen LogP contribution in [-0.2, 0) is 16.1 Å². The van der Waals surface area contributed by atoms with E-state index in [2.05, 4.69) is 26.6 Å². The highest BCUT2D eigenvalue weighted by Gasteiger charge is 2.14. The molecule has 0 heterocycles. The van der Waals surface area contributed by atoms with E-state index in [9.17, 15) is 9.59 Å². The Hall–Kier alpha value is -2.34. The maximum absolute atomic E-state index is 11.9. The Balaban J connectivity index is 1.95. The molecular formula is C17H17BrN2O3. The van der Waals surface area contributed by atoms with Gasteiger partial charge >= 0.3 is 11.8 Å². The molecule has 0 aromatic heterocycles. The van der Waals surface area contributed by atoms with Gasteiger partial charge in [0, 0.05) is 22.3 Å². The number of nitrogens with one attached hydrogen (secondary N) is 2. The van der Waals surface area contributed by atoms with E-state index in [1.807, 2.05) is 31.2 Å². The minimum absolute atomic E-state index is 0.218. The van der Waals surface area contributed by atoms with Crippen LogP contribution in [-0.4, -0.2) is 18.9 Å². The Morgan fingerprint density at radius 3 is 2.57 bits per heavy atom. The first kappa shape index (κ1) is 17.0. The molecule has 120 valence electrons. The number of ether oxygens (including phenoxy) is 1. The van der Waals surface area contributed by atoms with Crippen molar-refractivity contribution in [2.24, 2.45) is 0 Å². The molecule has 2 aromatic carbocycles. The van der Waals surface area contributed by atoms with Crippen LogP contribution in [0.2, 0.25) is 0 Å². The molecule has 2 N–H and O–H groups in total. The smallest absolute Gasteiger partial charge is 0.313 e. The minimum atomic E-state index is -0.707. The normalized spacial score (nSPS) is 10.0. The van der Waals surface area contributed by atoms with Crippen LogP contribution >= 0.6 is 15.9 Å². The van der Waals surface area contributed by atoms with Gasteiger partial charge in [-0.25, -0.2) is 0 Å². The third-order valence-corrected chi connectivity index (χ3v) is 4.14. The molecule has 0 bridgehead atoms. The predicted molar refractivity (Wildman–Crippen MR) is 92.3 cm³/mol. The molecule has 0 unspecified atom stereocenters. The van der Waals surface area contributed by atoms with Crippen LogP contribution in [0.5, 0.6) is 5.75 Å². The summed E-state index contributed by atoms with van der Waals surface area (Å²) in [5.74, 6) is -0.741. The third kappa shape index (κ3) is 4.56. The van der Waals surface area contributed by atoms with E-state index < -0.39 is 11.8 Å². The molecule has 0 aliphatic heterocycles. The molecule has 6 heteroatoms. The number of aryl methyl sites for hydroxylation is 1.